The predicted molar refractivity (Wildman–Crippen MR) is 65.2 cm³/mol. The smallest absolute Gasteiger partial charge is 0.0415 e. The summed E-state index contributed by atoms with van der Waals surface area (Å²) >= 11 is 0. The first-order valence-corrected chi connectivity index (χ1v) is 5.91. The minimum Gasteiger partial charge on any atom is -0.367 e. The summed E-state index contributed by atoms with van der Waals surface area (Å²) in [6.07, 6.45) is 3.57. The van der Waals surface area contributed by atoms with Crippen molar-refractivity contribution in [2.75, 3.05) is 18.0 Å². The van der Waals surface area contributed by atoms with E-state index in [1.165, 1.54) is 30.5 Å². The fourth-order valence-corrected chi connectivity index (χ4v) is 2.47. The molecule has 82 valence electrons. The maximum absolute atomic E-state index is 5.84. The lowest BCUT2D eigenvalue weighted by molar-refractivity contribution is 0.531. The average molecular weight is 204 g/mol. The summed E-state index contributed by atoms with van der Waals surface area (Å²) in [6, 6.07) is 9.27. The molecule has 0 saturated heterocycles. The molecule has 1 unspecified atom stereocenters. The van der Waals surface area contributed by atoms with Gasteiger partial charge in [-0.15, -0.1) is 0 Å². The fourth-order valence-electron chi connectivity index (χ4n) is 2.47. The maximum Gasteiger partial charge on any atom is 0.0415 e. The molecule has 2 rings (SSSR count). The molecule has 0 bridgehead atoms. The number of fused-ring (bicyclic) bond motifs is 1. The summed E-state index contributed by atoms with van der Waals surface area (Å²) in [7, 11) is 0. The molecule has 15 heavy (non-hydrogen) atoms. The first kappa shape index (κ1) is 10.5. The minimum atomic E-state index is 0.542. The van der Waals surface area contributed by atoms with E-state index in [4.69, 9.17) is 5.73 Å². The molecular formula is C13H20N2. The van der Waals surface area contributed by atoms with Crippen LogP contribution in [0.3, 0.4) is 0 Å². The van der Waals surface area contributed by atoms with Crippen LogP contribution in [0, 0.1) is 0 Å². The average Bonchev–Trinajstić information content (AvgIpc) is 2.30. The van der Waals surface area contributed by atoms with Crippen LogP contribution in [0.4, 0.5) is 5.69 Å². The van der Waals surface area contributed by atoms with Crippen LogP contribution in [0.5, 0.6) is 0 Å². The molecule has 0 amide bonds. The Bertz CT molecular complexity index is 322. The van der Waals surface area contributed by atoms with E-state index in [1.807, 2.05) is 0 Å². The zero-order valence-electron chi connectivity index (χ0n) is 9.45. The van der Waals surface area contributed by atoms with Crippen LogP contribution in [-0.4, -0.2) is 19.1 Å². The molecule has 1 aliphatic rings. The van der Waals surface area contributed by atoms with E-state index in [2.05, 4.69) is 36.1 Å². The van der Waals surface area contributed by atoms with Gasteiger partial charge < -0.3 is 10.6 Å². The number of para-hydroxylation sites is 1. The molecule has 2 N–H and O–H groups in total. The normalized spacial score (nSPS) is 20.1. The van der Waals surface area contributed by atoms with Gasteiger partial charge in [-0.1, -0.05) is 25.1 Å². The monoisotopic (exact) mass is 204 g/mol. The summed E-state index contributed by atoms with van der Waals surface area (Å²) in [5, 5.41) is 0. The third-order valence-electron chi connectivity index (χ3n) is 3.23. The van der Waals surface area contributed by atoms with Crippen LogP contribution in [0.1, 0.15) is 25.3 Å². The molecule has 2 nitrogen and oxygen atoms in total. The second kappa shape index (κ2) is 4.67. The topological polar surface area (TPSA) is 29.3 Å². The van der Waals surface area contributed by atoms with Crippen molar-refractivity contribution in [3.8, 4) is 0 Å². The summed E-state index contributed by atoms with van der Waals surface area (Å²) in [4.78, 5) is 2.48. The van der Waals surface area contributed by atoms with Gasteiger partial charge in [0.15, 0.2) is 0 Å². The van der Waals surface area contributed by atoms with E-state index in [9.17, 15) is 0 Å². The molecule has 0 aromatic heterocycles. The van der Waals surface area contributed by atoms with Gasteiger partial charge in [0.05, 0.1) is 0 Å². The molecule has 1 aromatic carbocycles. The highest BCUT2D eigenvalue weighted by Crippen LogP contribution is 2.30. The second-order valence-electron chi connectivity index (χ2n) is 4.25. The molecule has 0 radical (unpaired) electrons. The number of benzene rings is 1. The Hall–Kier alpha value is -1.02. The van der Waals surface area contributed by atoms with Crippen molar-refractivity contribution in [1.29, 1.82) is 0 Å². The Morgan fingerprint density at radius 1 is 1.40 bits per heavy atom. The summed E-state index contributed by atoms with van der Waals surface area (Å²) in [5.41, 5.74) is 8.73. The summed E-state index contributed by atoms with van der Waals surface area (Å²) in [6.45, 7) is 4.12. The first-order chi connectivity index (χ1) is 7.36. The number of hydrogen-bond acceptors (Lipinski definition) is 2. The first-order valence-electron chi connectivity index (χ1n) is 5.91. The van der Waals surface area contributed by atoms with Gasteiger partial charge in [-0.3, -0.25) is 0 Å². The largest absolute Gasteiger partial charge is 0.367 e. The number of rotatable bonds is 3. The Kier molecular flexibility index (Phi) is 3.27. The van der Waals surface area contributed by atoms with Gasteiger partial charge >= 0.3 is 0 Å². The van der Waals surface area contributed by atoms with Crippen molar-refractivity contribution in [3.05, 3.63) is 29.8 Å². The lowest BCUT2D eigenvalue weighted by Gasteiger charge is -2.38. The summed E-state index contributed by atoms with van der Waals surface area (Å²) < 4.78 is 0. The minimum absolute atomic E-state index is 0.542. The lowest BCUT2D eigenvalue weighted by Crippen LogP contribution is -2.44. The van der Waals surface area contributed by atoms with Crippen molar-refractivity contribution in [2.45, 2.75) is 32.2 Å². The zero-order chi connectivity index (χ0) is 10.7. The van der Waals surface area contributed by atoms with E-state index >= 15 is 0 Å². The highest BCUT2D eigenvalue weighted by atomic mass is 15.2. The standard InChI is InChI=1S/C13H20N2/c1-2-9-15-12(10-14)8-7-11-5-3-4-6-13(11)15/h3-6,12H,2,7-10,14H2,1H3. The van der Waals surface area contributed by atoms with E-state index in [-0.39, 0.29) is 0 Å². The van der Waals surface area contributed by atoms with Gasteiger partial charge in [0, 0.05) is 24.8 Å². The summed E-state index contributed by atoms with van der Waals surface area (Å²) in [5.74, 6) is 0. The highest BCUT2D eigenvalue weighted by molar-refractivity contribution is 5.56. The maximum atomic E-state index is 5.84. The number of nitrogens with two attached hydrogens (primary N) is 1. The van der Waals surface area contributed by atoms with Crippen molar-refractivity contribution < 1.29 is 0 Å². The number of hydrogen-bond donors (Lipinski definition) is 1. The van der Waals surface area contributed by atoms with Crippen LogP contribution >= 0.6 is 0 Å². The lowest BCUT2D eigenvalue weighted by atomic mass is 9.95. The molecule has 2 heteroatoms. The SMILES string of the molecule is CCCN1c2ccccc2CCC1CN. The third kappa shape index (κ3) is 2.00. The van der Waals surface area contributed by atoms with Gasteiger partial charge in [0.2, 0.25) is 0 Å². The van der Waals surface area contributed by atoms with Crippen molar-refractivity contribution in [1.82, 2.24) is 0 Å². The predicted octanol–water partition coefficient (Wildman–Crippen LogP) is 2.18. The molecule has 0 spiro atoms. The van der Waals surface area contributed by atoms with Gasteiger partial charge in [-0.2, -0.15) is 0 Å². The van der Waals surface area contributed by atoms with Crippen LogP contribution in [0.15, 0.2) is 24.3 Å². The zero-order valence-corrected chi connectivity index (χ0v) is 9.45. The quantitative estimate of drug-likeness (QED) is 0.817. The van der Waals surface area contributed by atoms with E-state index in [1.54, 1.807) is 0 Å². The Balaban J connectivity index is 2.29. The fraction of sp³-hybridized carbons (Fsp3) is 0.538. The van der Waals surface area contributed by atoms with Crippen LogP contribution in [0.25, 0.3) is 0 Å². The third-order valence-corrected chi connectivity index (χ3v) is 3.23. The van der Waals surface area contributed by atoms with E-state index in [0.29, 0.717) is 6.04 Å². The number of aryl methyl sites for hydroxylation is 1. The van der Waals surface area contributed by atoms with E-state index < -0.39 is 0 Å². The second-order valence-corrected chi connectivity index (χ2v) is 4.25. The van der Waals surface area contributed by atoms with Gasteiger partial charge in [-0.25, -0.2) is 0 Å². The molecule has 0 aliphatic carbocycles. The molecule has 0 saturated carbocycles. The van der Waals surface area contributed by atoms with Gasteiger partial charge in [-0.05, 0) is 30.9 Å². The Labute approximate surface area is 92.1 Å². The molecule has 1 aromatic rings. The van der Waals surface area contributed by atoms with Crippen molar-refractivity contribution >= 4 is 5.69 Å². The Morgan fingerprint density at radius 3 is 2.93 bits per heavy atom. The number of nitrogens with zero attached hydrogens (tertiary/aromatic N) is 1. The van der Waals surface area contributed by atoms with E-state index in [0.717, 1.165) is 13.1 Å². The van der Waals surface area contributed by atoms with Gasteiger partial charge in [0.25, 0.3) is 0 Å². The Morgan fingerprint density at radius 2 is 2.20 bits per heavy atom. The molecule has 1 aliphatic heterocycles. The molecule has 0 fully saturated rings. The van der Waals surface area contributed by atoms with Gasteiger partial charge in [0.1, 0.15) is 0 Å². The van der Waals surface area contributed by atoms with Crippen molar-refractivity contribution in [2.24, 2.45) is 5.73 Å². The number of anilines is 1. The highest BCUT2D eigenvalue weighted by Gasteiger charge is 2.23. The van der Waals surface area contributed by atoms with Crippen LogP contribution < -0.4 is 10.6 Å². The molecular weight excluding hydrogens is 184 g/mol. The van der Waals surface area contributed by atoms with Crippen LogP contribution in [0.2, 0.25) is 0 Å². The van der Waals surface area contributed by atoms with Crippen molar-refractivity contribution in [3.63, 3.8) is 0 Å². The molecule has 1 atom stereocenters. The van der Waals surface area contributed by atoms with Crippen LogP contribution in [-0.2, 0) is 6.42 Å². The molecule has 1 heterocycles.